The number of aliphatic hydroxyl groups excluding tert-OH is 1. The molecule has 4 atom stereocenters. The van der Waals surface area contributed by atoms with Gasteiger partial charge in [-0.25, -0.2) is 4.98 Å². The third kappa shape index (κ3) is 3.49. The van der Waals surface area contributed by atoms with Gasteiger partial charge in [0.15, 0.2) is 0 Å². The number of ether oxygens (including phenoxy) is 1. The molecule has 31 heavy (non-hydrogen) atoms. The van der Waals surface area contributed by atoms with Gasteiger partial charge in [-0.05, 0) is 81.8 Å². The molecule has 0 amide bonds. The van der Waals surface area contributed by atoms with Crippen molar-refractivity contribution in [1.82, 2.24) is 14.5 Å². The molecule has 1 N–H and O–H groups in total. The fourth-order valence-electron chi connectivity index (χ4n) is 5.24. The predicted octanol–water partition coefficient (Wildman–Crippen LogP) is 3.89. The van der Waals surface area contributed by atoms with E-state index >= 15 is 0 Å². The Bertz CT molecular complexity index is 1150. The first-order valence-corrected chi connectivity index (χ1v) is 12.1. The van der Waals surface area contributed by atoms with Gasteiger partial charge in [0.1, 0.15) is 22.9 Å². The second-order valence-corrected chi connectivity index (χ2v) is 10.4. The zero-order valence-electron chi connectivity index (χ0n) is 17.6. The molecular formula is C24H27N3O3S. The molecule has 1 aliphatic carbocycles. The van der Waals surface area contributed by atoms with Gasteiger partial charge < -0.3 is 14.7 Å². The zero-order chi connectivity index (χ0) is 21.1. The number of nitrogens with zero attached hydrogens (tertiary/aromatic N) is 3. The zero-order valence-corrected chi connectivity index (χ0v) is 18.4. The number of aliphatic hydroxyl groups is 1. The lowest BCUT2D eigenvalue weighted by Crippen LogP contribution is -2.43. The second kappa shape index (κ2) is 7.43. The van der Waals surface area contributed by atoms with Gasteiger partial charge in [0.25, 0.3) is 5.56 Å². The highest BCUT2D eigenvalue weighted by molar-refractivity contribution is 7.19. The summed E-state index contributed by atoms with van der Waals surface area (Å²) in [6, 6.07) is 10.9. The number of rotatable bonds is 5. The smallest absolute Gasteiger partial charge is 0.275 e. The maximum absolute atomic E-state index is 13.1. The third-order valence-corrected chi connectivity index (χ3v) is 8.47. The van der Waals surface area contributed by atoms with E-state index in [0.717, 1.165) is 42.0 Å². The van der Waals surface area contributed by atoms with Crippen LogP contribution in [0.1, 0.15) is 49.5 Å². The van der Waals surface area contributed by atoms with Crippen LogP contribution in [0.25, 0.3) is 15.9 Å². The van der Waals surface area contributed by atoms with Crippen LogP contribution >= 0.6 is 11.3 Å². The summed E-state index contributed by atoms with van der Waals surface area (Å²) in [5.74, 6) is 1.19. The Morgan fingerprint density at radius 1 is 1.13 bits per heavy atom. The SMILES string of the molecule is CN1[C@@H]2CC[C@H]1C[C@@H](Oc1ccc(-n3cnc4cc(C(O)C5CC5)sc4c3=O)cc1)C2. The van der Waals surface area contributed by atoms with Crippen molar-refractivity contribution in [3.05, 3.63) is 51.9 Å². The molecule has 1 unspecified atom stereocenters. The average Bonchev–Trinajstić information content (AvgIpc) is 3.49. The highest BCUT2D eigenvalue weighted by Gasteiger charge is 2.39. The van der Waals surface area contributed by atoms with Gasteiger partial charge in [0.2, 0.25) is 0 Å². The van der Waals surface area contributed by atoms with Crippen LogP contribution in [0.2, 0.25) is 0 Å². The number of fused-ring (bicyclic) bond motifs is 3. The predicted molar refractivity (Wildman–Crippen MR) is 121 cm³/mol. The van der Waals surface area contributed by atoms with Gasteiger partial charge in [-0.2, -0.15) is 0 Å². The van der Waals surface area contributed by atoms with Gasteiger partial charge >= 0.3 is 0 Å². The summed E-state index contributed by atoms with van der Waals surface area (Å²) in [6.07, 6.45) is 8.21. The van der Waals surface area contributed by atoms with Crippen LogP contribution in [0, 0.1) is 5.92 Å². The molecule has 1 saturated carbocycles. The van der Waals surface area contributed by atoms with Gasteiger partial charge in [0.05, 0.1) is 17.3 Å². The van der Waals surface area contributed by atoms with E-state index in [1.54, 1.807) is 10.9 Å². The molecule has 3 aromatic rings. The minimum Gasteiger partial charge on any atom is -0.490 e. The minimum atomic E-state index is -0.474. The molecule has 2 aromatic heterocycles. The van der Waals surface area contributed by atoms with Gasteiger partial charge in [0, 0.05) is 17.0 Å². The van der Waals surface area contributed by atoms with Crippen molar-refractivity contribution in [2.24, 2.45) is 5.92 Å². The van der Waals surface area contributed by atoms with Crippen molar-refractivity contribution in [2.45, 2.75) is 62.8 Å². The van der Waals surface area contributed by atoms with E-state index in [1.165, 1.54) is 24.2 Å². The Kier molecular flexibility index (Phi) is 4.67. The van der Waals surface area contributed by atoms with Crippen LogP contribution < -0.4 is 10.3 Å². The van der Waals surface area contributed by atoms with E-state index in [-0.39, 0.29) is 11.7 Å². The Balaban J connectivity index is 1.22. The topological polar surface area (TPSA) is 67.6 Å². The molecule has 3 fully saturated rings. The number of piperidine rings is 1. The molecule has 2 saturated heterocycles. The number of benzene rings is 1. The van der Waals surface area contributed by atoms with E-state index in [0.29, 0.717) is 28.2 Å². The fraction of sp³-hybridized carbons (Fsp3) is 0.500. The maximum atomic E-state index is 13.1. The molecule has 1 aromatic carbocycles. The van der Waals surface area contributed by atoms with Gasteiger partial charge in [-0.15, -0.1) is 11.3 Å². The molecule has 7 heteroatoms. The first kappa shape index (κ1) is 19.5. The minimum absolute atomic E-state index is 0.0928. The van der Waals surface area contributed by atoms with Crippen molar-refractivity contribution >= 4 is 21.6 Å². The summed E-state index contributed by atoms with van der Waals surface area (Å²) in [5, 5.41) is 10.4. The molecule has 6 nitrogen and oxygen atoms in total. The molecule has 4 heterocycles. The number of hydrogen-bond donors (Lipinski definition) is 1. The van der Waals surface area contributed by atoms with Crippen LogP contribution in [-0.4, -0.2) is 44.8 Å². The Morgan fingerprint density at radius 2 is 1.84 bits per heavy atom. The molecule has 0 spiro atoms. The van der Waals surface area contributed by atoms with Crippen LogP contribution in [0.3, 0.4) is 0 Å². The molecule has 3 aliphatic rings. The summed E-state index contributed by atoms with van der Waals surface area (Å²) < 4.78 is 8.45. The quantitative estimate of drug-likeness (QED) is 0.656. The normalized spacial score (nSPS) is 27.0. The maximum Gasteiger partial charge on any atom is 0.275 e. The number of thiophene rings is 1. The van der Waals surface area contributed by atoms with E-state index < -0.39 is 6.10 Å². The standard InChI is InChI=1S/C24H27N3O3S/c1-26-16-4-5-17(26)11-19(10-16)30-18-8-6-15(7-9-18)27-13-25-20-12-21(22(28)14-2-3-14)31-23(20)24(27)29/h6-9,12-14,16-17,19,22,28H,2-5,10-11H2,1H3/t16-,17+,19+,22?. The summed E-state index contributed by atoms with van der Waals surface area (Å²) in [7, 11) is 2.24. The first-order chi connectivity index (χ1) is 15.1. The first-order valence-electron chi connectivity index (χ1n) is 11.2. The van der Waals surface area contributed by atoms with Crippen LogP contribution in [0.4, 0.5) is 0 Å². The summed E-state index contributed by atoms with van der Waals surface area (Å²) >= 11 is 1.37. The van der Waals surface area contributed by atoms with Gasteiger partial charge in [-0.1, -0.05) is 0 Å². The summed E-state index contributed by atoms with van der Waals surface area (Å²) in [4.78, 5) is 20.9. The van der Waals surface area contributed by atoms with E-state index in [1.807, 2.05) is 30.3 Å². The van der Waals surface area contributed by atoms with Crippen LogP contribution in [-0.2, 0) is 0 Å². The largest absolute Gasteiger partial charge is 0.490 e. The average molecular weight is 438 g/mol. The Morgan fingerprint density at radius 3 is 2.52 bits per heavy atom. The molecular weight excluding hydrogens is 410 g/mol. The van der Waals surface area contributed by atoms with E-state index in [2.05, 4.69) is 16.9 Å². The fourth-order valence-corrected chi connectivity index (χ4v) is 6.36. The molecule has 0 radical (unpaired) electrons. The summed E-state index contributed by atoms with van der Waals surface area (Å²) in [5.41, 5.74) is 1.34. The molecule has 6 rings (SSSR count). The third-order valence-electron chi connectivity index (χ3n) is 7.29. The van der Waals surface area contributed by atoms with Crippen molar-refractivity contribution in [3.8, 4) is 11.4 Å². The summed E-state index contributed by atoms with van der Waals surface area (Å²) in [6.45, 7) is 0. The lowest BCUT2D eigenvalue weighted by molar-refractivity contribution is 0.0662. The van der Waals surface area contributed by atoms with Crippen molar-refractivity contribution < 1.29 is 9.84 Å². The number of aromatic nitrogens is 2. The molecule has 2 bridgehead atoms. The van der Waals surface area contributed by atoms with Crippen molar-refractivity contribution in [3.63, 3.8) is 0 Å². The Labute approximate surface area is 185 Å². The molecule has 162 valence electrons. The van der Waals surface area contributed by atoms with Crippen LogP contribution in [0.5, 0.6) is 5.75 Å². The second-order valence-electron chi connectivity index (χ2n) is 9.32. The lowest BCUT2D eigenvalue weighted by Gasteiger charge is -2.36. The monoisotopic (exact) mass is 437 g/mol. The van der Waals surface area contributed by atoms with Gasteiger partial charge in [-0.3, -0.25) is 9.36 Å². The lowest BCUT2D eigenvalue weighted by atomic mass is 10.0. The van der Waals surface area contributed by atoms with E-state index in [4.69, 9.17) is 4.74 Å². The molecule has 2 aliphatic heterocycles. The highest BCUT2D eigenvalue weighted by atomic mass is 32.1. The van der Waals surface area contributed by atoms with Crippen LogP contribution in [0.15, 0.2) is 41.5 Å². The van der Waals surface area contributed by atoms with Crippen molar-refractivity contribution in [2.75, 3.05) is 7.05 Å². The highest BCUT2D eigenvalue weighted by Crippen LogP contribution is 2.43. The number of hydrogen-bond acceptors (Lipinski definition) is 6. The van der Waals surface area contributed by atoms with E-state index in [9.17, 15) is 9.90 Å². The Hall–Kier alpha value is -2.22. The van der Waals surface area contributed by atoms with Crippen molar-refractivity contribution in [1.29, 1.82) is 0 Å².